The van der Waals surface area contributed by atoms with Crippen molar-refractivity contribution in [2.24, 2.45) is 0 Å². The summed E-state index contributed by atoms with van der Waals surface area (Å²) in [6.07, 6.45) is 2.32. The molecule has 1 unspecified atom stereocenters. The number of hydrogen-bond donors (Lipinski definition) is 1. The van der Waals surface area contributed by atoms with Gasteiger partial charge in [-0.2, -0.15) is 0 Å². The SMILES string of the molecule is COC1CCCN(c2ccc(CNC(C)C)cc2F)C1. The third-order valence-corrected chi connectivity index (χ3v) is 3.78. The second-order valence-electron chi connectivity index (χ2n) is 5.77. The van der Waals surface area contributed by atoms with Crippen LogP contribution in [-0.4, -0.2) is 32.3 Å². The molecule has 1 aliphatic heterocycles. The van der Waals surface area contributed by atoms with Crippen LogP contribution in [0.2, 0.25) is 0 Å². The zero-order valence-corrected chi connectivity index (χ0v) is 12.7. The van der Waals surface area contributed by atoms with Crippen molar-refractivity contribution in [1.29, 1.82) is 0 Å². The summed E-state index contributed by atoms with van der Waals surface area (Å²) in [5, 5.41) is 3.30. The number of anilines is 1. The number of methoxy groups -OCH3 is 1. The molecular formula is C16H25FN2O. The Hall–Kier alpha value is -1.13. The van der Waals surface area contributed by atoms with E-state index in [1.807, 2.05) is 12.1 Å². The first kappa shape index (κ1) is 15.3. The molecule has 112 valence electrons. The molecule has 0 radical (unpaired) electrons. The molecule has 0 amide bonds. The molecule has 1 atom stereocenters. The summed E-state index contributed by atoms with van der Waals surface area (Å²) in [7, 11) is 1.73. The fraction of sp³-hybridized carbons (Fsp3) is 0.625. The molecule has 1 saturated heterocycles. The number of piperidine rings is 1. The largest absolute Gasteiger partial charge is 0.380 e. The summed E-state index contributed by atoms with van der Waals surface area (Å²) in [5.74, 6) is -0.134. The fourth-order valence-electron chi connectivity index (χ4n) is 2.59. The molecular weight excluding hydrogens is 255 g/mol. The van der Waals surface area contributed by atoms with Crippen molar-refractivity contribution in [2.45, 2.75) is 45.4 Å². The van der Waals surface area contributed by atoms with E-state index in [4.69, 9.17) is 4.74 Å². The topological polar surface area (TPSA) is 24.5 Å². The maximum Gasteiger partial charge on any atom is 0.146 e. The Morgan fingerprint density at radius 1 is 1.45 bits per heavy atom. The first-order chi connectivity index (χ1) is 9.60. The van der Waals surface area contributed by atoms with Crippen molar-refractivity contribution >= 4 is 5.69 Å². The monoisotopic (exact) mass is 280 g/mol. The molecule has 4 heteroatoms. The van der Waals surface area contributed by atoms with Gasteiger partial charge in [0.15, 0.2) is 0 Å². The van der Waals surface area contributed by atoms with Gasteiger partial charge in [-0.3, -0.25) is 0 Å². The van der Waals surface area contributed by atoms with Gasteiger partial charge in [-0.25, -0.2) is 4.39 Å². The number of nitrogens with zero attached hydrogens (tertiary/aromatic N) is 1. The third kappa shape index (κ3) is 3.93. The lowest BCUT2D eigenvalue weighted by molar-refractivity contribution is 0.0892. The molecule has 0 aliphatic carbocycles. The molecule has 0 saturated carbocycles. The minimum atomic E-state index is -0.134. The van der Waals surface area contributed by atoms with Gasteiger partial charge >= 0.3 is 0 Å². The van der Waals surface area contributed by atoms with Gasteiger partial charge in [0, 0.05) is 32.8 Å². The molecule has 0 spiro atoms. The van der Waals surface area contributed by atoms with Crippen LogP contribution in [0.3, 0.4) is 0 Å². The lowest BCUT2D eigenvalue weighted by atomic mass is 10.1. The Balaban J connectivity index is 2.05. The van der Waals surface area contributed by atoms with Gasteiger partial charge in [0.1, 0.15) is 5.82 Å². The molecule has 20 heavy (non-hydrogen) atoms. The Kier molecular flexibility index (Phi) is 5.38. The van der Waals surface area contributed by atoms with Gasteiger partial charge in [-0.15, -0.1) is 0 Å². The Bertz CT molecular complexity index is 436. The van der Waals surface area contributed by atoms with Crippen molar-refractivity contribution in [1.82, 2.24) is 5.32 Å². The maximum absolute atomic E-state index is 14.3. The predicted molar refractivity (Wildman–Crippen MR) is 80.6 cm³/mol. The van der Waals surface area contributed by atoms with Crippen LogP contribution in [0.15, 0.2) is 18.2 Å². The van der Waals surface area contributed by atoms with Crippen molar-refractivity contribution in [3.05, 3.63) is 29.6 Å². The number of benzene rings is 1. The lowest BCUT2D eigenvalue weighted by Crippen LogP contribution is -2.39. The van der Waals surface area contributed by atoms with E-state index in [1.54, 1.807) is 13.2 Å². The standard InChI is InChI=1S/C16H25FN2O/c1-12(2)18-10-13-6-7-16(15(17)9-13)19-8-4-5-14(11-19)20-3/h6-7,9,12,14,18H,4-5,8,10-11H2,1-3H3. The number of halogens is 1. The molecule has 1 fully saturated rings. The minimum absolute atomic E-state index is 0.134. The Morgan fingerprint density at radius 2 is 2.25 bits per heavy atom. The predicted octanol–water partition coefficient (Wildman–Crippen LogP) is 2.94. The van der Waals surface area contributed by atoms with Crippen LogP contribution in [0.1, 0.15) is 32.3 Å². The number of hydrogen-bond acceptors (Lipinski definition) is 3. The molecule has 1 heterocycles. The number of rotatable bonds is 5. The van der Waals surface area contributed by atoms with Crippen LogP contribution in [0.4, 0.5) is 10.1 Å². The normalized spacial score (nSPS) is 19.6. The average Bonchev–Trinajstić information content (AvgIpc) is 2.45. The van der Waals surface area contributed by atoms with Crippen LogP contribution >= 0.6 is 0 Å². The minimum Gasteiger partial charge on any atom is -0.380 e. The van der Waals surface area contributed by atoms with Gasteiger partial charge in [0.2, 0.25) is 0 Å². The summed E-state index contributed by atoms with van der Waals surface area (Å²) in [5.41, 5.74) is 1.68. The zero-order chi connectivity index (χ0) is 14.5. The van der Waals surface area contributed by atoms with E-state index in [-0.39, 0.29) is 11.9 Å². The van der Waals surface area contributed by atoms with E-state index < -0.39 is 0 Å². The van der Waals surface area contributed by atoms with Crippen LogP contribution in [0.5, 0.6) is 0 Å². The molecule has 1 N–H and O–H groups in total. The zero-order valence-electron chi connectivity index (χ0n) is 12.7. The molecule has 1 aromatic carbocycles. The molecule has 0 bridgehead atoms. The van der Waals surface area contributed by atoms with Gasteiger partial charge in [0.05, 0.1) is 11.8 Å². The van der Waals surface area contributed by atoms with Gasteiger partial charge in [0.25, 0.3) is 0 Å². The van der Waals surface area contributed by atoms with E-state index in [1.165, 1.54) is 0 Å². The lowest BCUT2D eigenvalue weighted by Gasteiger charge is -2.33. The molecule has 1 aromatic rings. The highest BCUT2D eigenvalue weighted by molar-refractivity contribution is 5.49. The highest BCUT2D eigenvalue weighted by atomic mass is 19.1. The van der Waals surface area contributed by atoms with E-state index in [9.17, 15) is 4.39 Å². The summed E-state index contributed by atoms with van der Waals surface area (Å²) >= 11 is 0. The molecule has 3 nitrogen and oxygen atoms in total. The average molecular weight is 280 g/mol. The summed E-state index contributed by atoms with van der Waals surface area (Å²) < 4.78 is 19.7. The first-order valence-corrected chi connectivity index (χ1v) is 7.39. The Morgan fingerprint density at radius 3 is 2.90 bits per heavy atom. The molecule has 0 aromatic heterocycles. The first-order valence-electron chi connectivity index (χ1n) is 7.39. The van der Waals surface area contributed by atoms with Crippen LogP contribution in [0.25, 0.3) is 0 Å². The van der Waals surface area contributed by atoms with Gasteiger partial charge in [-0.05, 0) is 30.5 Å². The van der Waals surface area contributed by atoms with Crippen molar-refractivity contribution in [3.63, 3.8) is 0 Å². The molecule has 2 rings (SSSR count). The van der Waals surface area contributed by atoms with Gasteiger partial charge < -0.3 is 15.0 Å². The quantitative estimate of drug-likeness (QED) is 0.897. The van der Waals surface area contributed by atoms with E-state index in [0.717, 1.165) is 31.5 Å². The van der Waals surface area contributed by atoms with Crippen molar-refractivity contribution in [2.75, 3.05) is 25.1 Å². The summed E-state index contributed by atoms with van der Waals surface area (Å²) in [6.45, 7) is 6.56. The smallest absolute Gasteiger partial charge is 0.146 e. The van der Waals surface area contributed by atoms with Crippen molar-refractivity contribution < 1.29 is 9.13 Å². The number of ether oxygens (including phenoxy) is 1. The number of nitrogens with one attached hydrogen (secondary N) is 1. The highest BCUT2D eigenvalue weighted by Crippen LogP contribution is 2.25. The van der Waals surface area contributed by atoms with Crippen LogP contribution < -0.4 is 10.2 Å². The Labute approximate surface area is 121 Å². The summed E-state index contributed by atoms with van der Waals surface area (Å²) in [6, 6.07) is 5.94. The third-order valence-electron chi connectivity index (χ3n) is 3.78. The summed E-state index contributed by atoms with van der Waals surface area (Å²) in [4.78, 5) is 2.09. The van der Waals surface area contributed by atoms with Crippen molar-refractivity contribution in [3.8, 4) is 0 Å². The highest BCUT2D eigenvalue weighted by Gasteiger charge is 2.21. The fourth-order valence-corrected chi connectivity index (χ4v) is 2.59. The second-order valence-corrected chi connectivity index (χ2v) is 5.77. The van der Waals surface area contributed by atoms with E-state index >= 15 is 0 Å². The van der Waals surface area contributed by atoms with E-state index in [2.05, 4.69) is 24.1 Å². The second kappa shape index (κ2) is 7.04. The van der Waals surface area contributed by atoms with Crippen LogP contribution in [-0.2, 0) is 11.3 Å². The van der Waals surface area contributed by atoms with E-state index in [0.29, 0.717) is 18.3 Å². The van der Waals surface area contributed by atoms with Gasteiger partial charge in [-0.1, -0.05) is 19.9 Å². The molecule has 1 aliphatic rings. The maximum atomic E-state index is 14.3. The van der Waals surface area contributed by atoms with Crippen LogP contribution in [0, 0.1) is 5.82 Å².